The summed E-state index contributed by atoms with van der Waals surface area (Å²) in [5.41, 5.74) is 2.09. The average molecular weight is 335 g/mol. The second-order valence-electron chi connectivity index (χ2n) is 5.07. The molecule has 1 aromatic carbocycles. The fourth-order valence-corrected chi connectivity index (χ4v) is 3.24. The number of hydrogen-bond donors (Lipinski definition) is 1. The summed E-state index contributed by atoms with van der Waals surface area (Å²) < 4.78 is 0.984. The van der Waals surface area contributed by atoms with E-state index >= 15 is 0 Å². The number of carboxylic acid groups (broad SMARTS) is 1. The van der Waals surface area contributed by atoms with Crippen molar-refractivity contribution in [2.75, 3.05) is 18.0 Å². The minimum atomic E-state index is -0.674. The van der Waals surface area contributed by atoms with Crippen LogP contribution in [0.5, 0.6) is 0 Å². The van der Waals surface area contributed by atoms with Crippen LogP contribution in [-0.2, 0) is 4.79 Å². The summed E-state index contributed by atoms with van der Waals surface area (Å²) in [6.45, 7) is 1.56. The smallest absolute Gasteiger partial charge is 0.306 e. The molecule has 104 valence electrons. The van der Waals surface area contributed by atoms with Crippen molar-refractivity contribution < 1.29 is 9.90 Å². The van der Waals surface area contributed by atoms with Crippen molar-refractivity contribution in [1.29, 1.82) is 0 Å². The molecule has 0 atom stereocenters. The second-order valence-corrected chi connectivity index (χ2v) is 5.92. The minimum Gasteiger partial charge on any atom is -0.481 e. The molecule has 3 rings (SSSR count). The molecule has 0 spiro atoms. The zero-order chi connectivity index (χ0) is 14.1. The van der Waals surface area contributed by atoms with Crippen LogP contribution in [0.4, 0.5) is 5.69 Å². The van der Waals surface area contributed by atoms with E-state index < -0.39 is 5.97 Å². The van der Waals surface area contributed by atoms with Crippen molar-refractivity contribution in [3.8, 4) is 0 Å². The van der Waals surface area contributed by atoms with E-state index in [-0.39, 0.29) is 5.92 Å². The number of pyridine rings is 1. The maximum absolute atomic E-state index is 11.0. The predicted octanol–water partition coefficient (Wildman–Crippen LogP) is 3.30. The highest BCUT2D eigenvalue weighted by Crippen LogP contribution is 2.32. The van der Waals surface area contributed by atoms with E-state index in [0.717, 1.165) is 34.2 Å². The molecule has 1 aliphatic rings. The van der Waals surface area contributed by atoms with Gasteiger partial charge in [-0.2, -0.15) is 0 Å². The molecule has 0 amide bonds. The Labute approximate surface area is 125 Å². The van der Waals surface area contributed by atoms with Crippen molar-refractivity contribution in [3.05, 3.63) is 34.9 Å². The molecule has 0 unspecified atom stereocenters. The molecule has 0 aliphatic carbocycles. The van der Waals surface area contributed by atoms with E-state index in [1.807, 2.05) is 24.4 Å². The number of carbonyl (C=O) groups is 1. The Morgan fingerprint density at radius 2 is 2.05 bits per heavy atom. The van der Waals surface area contributed by atoms with Crippen LogP contribution in [0.15, 0.2) is 34.9 Å². The van der Waals surface area contributed by atoms with Gasteiger partial charge >= 0.3 is 5.97 Å². The second kappa shape index (κ2) is 5.40. The number of piperidine rings is 1. The van der Waals surface area contributed by atoms with Gasteiger partial charge in [0.1, 0.15) is 0 Å². The van der Waals surface area contributed by atoms with Crippen LogP contribution >= 0.6 is 15.9 Å². The molecule has 1 aliphatic heterocycles. The molecule has 2 heterocycles. The minimum absolute atomic E-state index is 0.203. The predicted molar refractivity (Wildman–Crippen MR) is 82.0 cm³/mol. The van der Waals surface area contributed by atoms with Gasteiger partial charge in [0.2, 0.25) is 0 Å². The Hall–Kier alpha value is -1.62. The van der Waals surface area contributed by atoms with Crippen molar-refractivity contribution in [1.82, 2.24) is 4.98 Å². The van der Waals surface area contributed by atoms with Crippen molar-refractivity contribution in [3.63, 3.8) is 0 Å². The Kier molecular flexibility index (Phi) is 3.61. The SMILES string of the molecule is O=C(O)C1CCN(c2ccnc3c(Br)cccc23)CC1. The molecule has 1 fully saturated rings. The normalized spacial score (nSPS) is 16.6. The summed E-state index contributed by atoms with van der Waals surface area (Å²) >= 11 is 3.52. The largest absolute Gasteiger partial charge is 0.481 e. The van der Waals surface area contributed by atoms with E-state index in [2.05, 4.69) is 31.9 Å². The van der Waals surface area contributed by atoms with Gasteiger partial charge in [-0.1, -0.05) is 12.1 Å². The summed E-state index contributed by atoms with van der Waals surface area (Å²) in [6, 6.07) is 8.05. The molecule has 1 saturated heterocycles. The van der Waals surface area contributed by atoms with Gasteiger partial charge in [0.25, 0.3) is 0 Å². The molecule has 4 nitrogen and oxygen atoms in total. The first-order valence-electron chi connectivity index (χ1n) is 6.68. The molecule has 0 radical (unpaired) electrons. The number of fused-ring (bicyclic) bond motifs is 1. The number of nitrogens with zero attached hydrogens (tertiary/aromatic N) is 2. The summed E-state index contributed by atoms with van der Waals surface area (Å²) in [5.74, 6) is -0.877. The Morgan fingerprint density at radius 3 is 2.75 bits per heavy atom. The highest BCUT2D eigenvalue weighted by atomic mass is 79.9. The third-order valence-electron chi connectivity index (χ3n) is 3.88. The molecule has 0 bridgehead atoms. The van der Waals surface area contributed by atoms with Crippen molar-refractivity contribution in [2.24, 2.45) is 5.92 Å². The molecule has 1 aromatic heterocycles. The molecule has 20 heavy (non-hydrogen) atoms. The Morgan fingerprint density at radius 1 is 1.30 bits per heavy atom. The zero-order valence-corrected chi connectivity index (χ0v) is 12.5. The van der Waals surface area contributed by atoms with Crippen LogP contribution in [0.1, 0.15) is 12.8 Å². The lowest BCUT2D eigenvalue weighted by atomic mass is 9.96. The fourth-order valence-electron chi connectivity index (χ4n) is 2.77. The number of aliphatic carboxylic acids is 1. The van der Waals surface area contributed by atoms with E-state index in [1.54, 1.807) is 0 Å². The number of anilines is 1. The van der Waals surface area contributed by atoms with E-state index in [9.17, 15) is 4.79 Å². The number of halogens is 1. The lowest BCUT2D eigenvalue weighted by molar-refractivity contribution is -0.142. The van der Waals surface area contributed by atoms with Crippen LogP contribution in [-0.4, -0.2) is 29.1 Å². The summed E-state index contributed by atoms with van der Waals surface area (Å²) in [4.78, 5) is 17.7. The van der Waals surface area contributed by atoms with Crippen LogP contribution < -0.4 is 4.90 Å². The van der Waals surface area contributed by atoms with Crippen LogP contribution in [0, 0.1) is 5.92 Å². The molecule has 2 aromatic rings. The highest BCUT2D eigenvalue weighted by molar-refractivity contribution is 9.10. The van der Waals surface area contributed by atoms with Gasteiger partial charge in [0.05, 0.1) is 11.4 Å². The molecule has 0 saturated carbocycles. The Bertz CT molecular complexity index is 651. The number of para-hydroxylation sites is 1. The van der Waals surface area contributed by atoms with Crippen LogP contribution in [0.25, 0.3) is 10.9 Å². The van der Waals surface area contributed by atoms with Crippen LogP contribution in [0.2, 0.25) is 0 Å². The topological polar surface area (TPSA) is 53.4 Å². The van der Waals surface area contributed by atoms with Gasteiger partial charge in [0.15, 0.2) is 0 Å². The maximum atomic E-state index is 11.0. The third-order valence-corrected chi connectivity index (χ3v) is 4.52. The van der Waals surface area contributed by atoms with Gasteiger partial charge in [-0.05, 0) is 40.9 Å². The maximum Gasteiger partial charge on any atom is 0.306 e. The first-order valence-corrected chi connectivity index (χ1v) is 7.47. The number of benzene rings is 1. The first-order chi connectivity index (χ1) is 9.66. The highest BCUT2D eigenvalue weighted by Gasteiger charge is 2.25. The van der Waals surface area contributed by atoms with Gasteiger partial charge in [-0.25, -0.2) is 0 Å². The van der Waals surface area contributed by atoms with Gasteiger partial charge in [-0.15, -0.1) is 0 Å². The van der Waals surface area contributed by atoms with Gasteiger partial charge in [0, 0.05) is 34.8 Å². The van der Waals surface area contributed by atoms with Gasteiger partial charge < -0.3 is 10.0 Å². The van der Waals surface area contributed by atoms with E-state index in [4.69, 9.17) is 5.11 Å². The van der Waals surface area contributed by atoms with Crippen molar-refractivity contribution in [2.45, 2.75) is 12.8 Å². The quantitative estimate of drug-likeness (QED) is 0.915. The lowest BCUT2D eigenvalue weighted by Crippen LogP contribution is -2.36. The zero-order valence-electron chi connectivity index (χ0n) is 10.9. The molecule has 5 heteroatoms. The first kappa shape index (κ1) is 13.4. The molecular formula is C15H15BrN2O2. The lowest BCUT2D eigenvalue weighted by Gasteiger charge is -2.32. The number of aromatic nitrogens is 1. The number of rotatable bonds is 2. The van der Waals surface area contributed by atoms with Crippen LogP contribution in [0.3, 0.4) is 0 Å². The fraction of sp³-hybridized carbons (Fsp3) is 0.333. The number of carboxylic acids is 1. The molecule has 1 N–H and O–H groups in total. The molecular weight excluding hydrogens is 320 g/mol. The Balaban J connectivity index is 1.92. The summed E-state index contributed by atoms with van der Waals surface area (Å²) in [6.07, 6.45) is 3.21. The third kappa shape index (κ3) is 2.38. The van der Waals surface area contributed by atoms with Crippen molar-refractivity contribution >= 4 is 38.5 Å². The van der Waals surface area contributed by atoms with E-state index in [1.165, 1.54) is 0 Å². The monoisotopic (exact) mass is 334 g/mol. The van der Waals surface area contributed by atoms with E-state index in [0.29, 0.717) is 12.8 Å². The number of hydrogen-bond acceptors (Lipinski definition) is 3. The summed E-state index contributed by atoms with van der Waals surface area (Å²) in [5, 5.41) is 10.2. The average Bonchev–Trinajstić information content (AvgIpc) is 2.47. The van der Waals surface area contributed by atoms with Gasteiger partial charge in [-0.3, -0.25) is 9.78 Å². The standard InChI is InChI=1S/C15H15BrN2O2/c16-12-3-1-2-11-13(4-7-17-14(11)12)18-8-5-10(6-9-18)15(19)20/h1-4,7,10H,5-6,8-9H2,(H,19,20). The summed E-state index contributed by atoms with van der Waals surface area (Å²) in [7, 11) is 0.